The van der Waals surface area contributed by atoms with E-state index in [4.69, 9.17) is 21.7 Å². The summed E-state index contributed by atoms with van der Waals surface area (Å²) in [6, 6.07) is 21.9. The number of nitrogens with one attached hydrogen (secondary N) is 2. The number of carbonyl (C=O) groups is 2. The molecule has 1 saturated heterocycles. The van der Waals surface area contributed by atoms with Crippen LogP contribution < -0.4 is 25.0 Å². The molecule has 1 aliphatic rings. The van der Waals surface area contributed by atoms with Crippen molar-refractivity contribution >= 4 is 46.6 Å². The summed E-state index contributed by atoms with van der Waals surface area (Å²) < 4.78 is 11.1. The molecule has 3 aromatic carbocycles. The maximum Gasteiger partial charge on any atom is 0.281 e. The normalized spacial score (nSPS) is 14.2. The van der Waals surface area contributed by atoms with Crippen LogP contribution in [0.3, 0.4) is 0 Å². The van der Waals surface area contributed by atoms with E-state index in [1.165, 1.54) is 12.0 Å². The Morgan fingerprint density at radius 2 is 1.79 bits per heavy atom. The standard InChI is InChI=1S/C26H23N3O4S/c1-17-8-11-19(12-9-17)27-24(30)16-33-22-13-10-18(15-23(22)32-2)14-21-25(31)29(26(34)28-21)20-6-4-3-5-7-20/h3-15H,16H2,1-2H3,(H,27,30)(H,28,34)/b21-14+. The van der Waals surface area contributed by atoms with E-state index in [-0.39, 0.29) is 18.4 Å². The van der Waals surface area contributed by atoms with Crippen LogP contribution in [0.25, 0.3) is 6.08 Å². The van der Waals surface area contributed by atoms with E-state index in [9.17, 15) is 9.59 Å². The third-order valence-corrected chi connectivity index (χ3v) is 5.37. The molecule has 2 amide bonds. The summed E-state index contributed by atoms with van der Waals surface area (Å²) in [5, 5.41) is 6.06. The van der Waals surface area contributed by atoms with Gasteiger partial charge in [-0.1, -0.05) is 42.0 Å². The predicted octanol–water partition coefficient (Wildman–Crippen LogP) is 4.28. The van der Waals surface area contributed by atoms with E-state index in [0.717, 1.165) is 5.56 Å². The van der Waals surface area contributed by atoms with Gasteiger partial charge in [0.15, 0.2) is 23.2 Å². The molecule has 1 heterocycles. The number of para-hydroxylation sites is 1. The number of amides is 2. The average molecular weight is 474 g/mol. The van der Waals surface area contributed by atoms with E-state index in [1.807, 2.05) is 61.5 Å². The van der Waals surface area contributed by atoms with Crippen molar-refractivity contribution in [2.24, 2.45) is 0 Å². The molecule has 0 radical (unpaired) electrons. The fraction of sp³-hybridized carbons (Fsp3) is 0.115. The number of hydrogen-bond acceptors (Lipinski definition) is 5. The van der Waals surface area contributed by atoms with Gasteiger partial charge in [-0.2, -0.15) is 0 Å². The Kier molecular flexibility index (Phi) is 6.89. The van der Waals surface area contributed by atoms with Crippen molar-refractivity contribution in [3.8, 4) is 11.5 Å². The van der Waals surface area contributed by atoms with Crippen molar-refractivity contribution in [2.45, 2.75) is 6.92 Å². The molecule has 0 spiro atoms. The quantitative estimate of drug-likeness (QED) is 0.394. The number of benzene rings is 3. The highest BCUT2D eigenvalue weighted by atomic mass is 32.1. The Labute approximate surface area is 203 Å². The van der Waals surface area contributed by atoms with Gasteiger partial charge in [0.1, 0.15) is 5.70 Å². The Morgan fingerprint density at radius 1 is 1.06 bits per heavy atom. The number of hydrogen-bond donors (Lipinski definition) is 2. The Bertz CT molecular complexity index is 1260. The smallest absolute Gasteiger partial charge is 0.281 e. The highest BCUT2D eigenvalue weighted by molar-refractivity contribution is 7.80. The van der Waals surface area contributed by atoms with Gasteiger partial charge in [-0.05, 0) is 67.2 Å². The molecule has 4 rings (SSSR count). The summed E-state index contributed by atoms with van der Waals surface area (Å²) in [7, 11) is 1.51. The first-order valence-electron chi connectivity index (χ1n) is 10.5. The number of methoxy groups -OCH3 is 1. The Morgan fingerprint density at radius 3 is 2.50 bits per heavy atom. The van der Waals surface area contributed by atoms with Crippen LogP contribution in [-0.4, -0.2) is 30.6 Å². The molecule has 172 valence electrons. The van der Waals surface area contributed by atoms with E-state index >= 15 is 0 Å². The van der Waals surface area contributed by atoms with Gasteiger partial charge in [0.25, 0.3) is 11.8 Å². The molecule has 3 aromatic rings. The summed E-state index contributed by atoms with van der Waals surface area (Å²) in [4.78, 5) is 26.6. The van der Waals surface area contributed by atoms with Crippen LogP contribution in [0, 0.1) is 6.92 Å². The van der Waals surface area contributed by atoms with Crippen LogP contribution in [0.15, 0.2) is 78.5 Å². The number of anilines is 2. The summed E-state index contributed by atoms with van der Waals surface area (Å²) in [5.74, 6) is 0.317. The highest BCUT2D eigenvalue weighted by Crippen LogP contribution is 2.30. The van der Waals surface area contributed by atoms with Crippen LogP contribution in [0.2, 0.25) is 0 Å². The second kappa shape index (κ2) is 10.2. The van der Waals surface area contributed by atoms with Gasteiger partial charge in [-0.3, -0.25) is 14.5 Å². The topological polar surface area (TPSA) is 79.9 Å². The van der Waals surface area contributed by atoms with E-state index in [2.05, 4.69) is 10.6 Å². The number of aryl methyl sites for hydroxylation is 1. The van der Waals surface area contributed by atoms with Crippen molar-refractivity contribution in [1.82, 2.24) is 5.32 Å². The lowest BCUT2D eigenvalue weighted by atomic mass is 10.1. The third kappa shape index (κ3) is 5.24. The Hall–Kier alpha value is -4.17. The molecule has 0 aliphatic carbocycles. The van der Waals surface area contributed by atoms with Gasteiger partial charge in [0.05, 0.1) is 12.8 Å². The zero-order chi connectivity index (χ0) is 24.1. The van der Waals surface area contributed by atoms with Crippen LogP contribution in [-0.2, 0) is 9.59 Å². The van der Waals surface area contributed by atoms with Crippen molar-refractivity contribution in [2.75, 3.05) is 23.9 Å². The zero-order valence-corrected chi connectivity index (χ0v) is 19.5. The molecule has 0 saturated carbocycles. The minimum Gasteiger partial charge on any atom is -0.493 e. The highest BCUT2D eigenvalue weighted by Gasteiger charge is 2.31. The molecule has 1 fully saturated rings. The third-order valence-electron chi connectivity index (χ3n) is 5.09. The van der Waals surface area contributed by atoms with E-state index in [0.29, 0.717) is 39.2 Å². The van der Waals surface area contributed by atoms with Gasteiger partial charge in [-0.25, -0.2) is 0 Å². The molecule has 1 aliphatic heterocycles. The molecule has 0 bridgehead atoms. The van der Waals surface area contributed by atoms with E-state index in [1.54, 1.807) is 24.3 Å². The number of ether oxygens (including phenoxy) is 2. The number of thiocarbonyl (C=S) groups is 1. The lowest BCUT2D eigenvalue weighted by Crippen LogP contribution is -2.30. The minimum atomic E-state index is -0.285. The number of rotatable bonds is 7. The lowest BCUT2D eigenvalue weighted by Gasteiger charge is -2.13. The summed E-state index contributed by atoms with van der Waals surface area (Å²) in [6.45, 7) is 1.80. The molecule has 0 unspecified atom stereocenters. The fourth-order valence-corrected chi connectivity index (χ4v) is 3.68. The molecular formula is C26H23N3O4S. The maximum atomic E-state index is 12.9. The van der Waals surface area contributed by atoms with Gasteiger partial charge < -0.3 is 20.1 Å². The van der Waals surface area contributed by atoms with Crippen molar-refractivity contribution in [3.63, 3.8) is 0 Å². The van der Waals surface area contributed by atoms with Crippen LogP contribution in [0.4, 0.5) is 11.4 Å². The second-order valence-corrected chi connectivity index (χ2v) is 7.96. The molecule has 34 heavy (non-hydrogen) atoms. The first kappa shape index (κ1) is 23.0. The largest absolute Gasteiger partial charge is 0.493 e. The molecule has 7 nitrogen and oxygen atoms in total. The predicted molar refractivity (Wildman–Crippen MR) is 136 cm³/mol. The van der Waals surface area contributed by atoms with Crippen molar-refractivity contribution < 1.29 is 19.1 Å². The first-order chi connectivity index (χ1) is 16.4. The summed E-state index contributed by atoms with van der Waals surface area (Å²) >= 11 is 5.34. The van der Waals surface area contributed by atoms with E-state index < -0.39 is 0 Å². The minimum absolute atomic E-state index is 0.176. The second-order valence-electron chi connectivity index (χ2n) is 7.58. The van der Waals surface area contributed by atoms with Gasteiger partial charge in [0, 0.05) is 5.69 Å². The monoisotopic (exact) mass is 473 g/mol. The summed E-state index contributed by atoms with van der Waals surface area (Å²) in [6.07, 6.45) is 1.69. The van der Waals surface area contributed by atoms with Crippen LogP contribution >= 0.6 is 12.2 Å². The summed E-state index contributed by atoms with van der Waals surface area (Å²) in [5.41, 5.74) is 3.56. The SMILES string of the molecule is COc1cc(/C=C2/NC(=S)N(c3ccccc3)C2=O)ccc1OCC(=O)Nc1ccc(C)cc1. The molecule has 0 atom stereocenters. The van der Waals surface area contributed by atoms with Crippen molar-refractivity contribution in [1.29, 1.82) is 0 Å². The van der Waals surface area contributed by atoms with Gasteiger partial charge >= 0.3 is 0 Å². The Balaban J connectivity index is 1.44. The molecule has 8 heteroatoms. The maximum absolute atomic E-state index is 12.9. The first-order valence-corrected chi connectivity index (χ1v) is 10.9. The van der Waals surface area contributed by atoms with Gasteiger partial charge in [-0.15, -0.1) is 0 Å². The molecular weight excluding hydrogens is 450 g/mol. The van der Waals surface area contributed by atoms with Crippen molar-refractivity contribution in [3.05, 3.63) is 89.6 Å². The molecule has 0 aromatic heterocycles. The number of carbonyl (C=O) groups excluding carboxylic acids is 2. The molecule has 2 N–H and O–H groups in total. The number of nitrogens with zero attached hydrogens (tertiary/aromatic N) is 1. The zero-order valence-electron chi connectivity index (χ0n) is 18.7. The average Bonchev–Trinajstić information content (AvgIpc) is 3.12. The van der Waals surface area contributed by atoms with Gasteiger partial charge in [0.2, 0.25) is 0 Å². The van der Waals surface area contributed by atoms with Crippen LogP contribution in [0.1, 0.15) is 11.1 Å². The van der Waals surface area contributed by atoms with Crippen LogP contribution in [0.5, 0.6) is 11.5 Å². The fourth-order valence-electron chi connectivity index (χ4n) is 3.38. The lowest BCUT2D eigenvalue weighted by molar-refractivity contribution is -0.118.